The third-order valence-electron chi connectivity index (χ3n) is 2.90. The van der Waals surface area contributed by atoms with Crippen molar-refractivity contribution in [2.24, 2.45) is 5.73 Å². The van der Waals surface area contributed by atoms with E-state index in [1.54, 1.807) is 7.11 Å². The van der Waals surface area contributed by atoms with Crippen molar-refractivity contribution >= 4 is 21.6 Å². The zero-order valence-corrected chi connectivity index (χ0v) is 13.0. The second kappa shape index (κ2) is 8.16. The summed E-state index contributed by atoms with van der Waals surface area (Å²) in [7, 11) is 1.68. The summed E-state index contributed by atoms with van der Waals surface area (Å²) in [4.78, 5) is 2.14. The molecule has 0 heterocycles. The lowest BCUT2D eigenvalue weighted by Crippen LogP contribution is -2.28. The Kier molecular flexibility index (Phi) is 6.85. The molecule has 0 aromatic heterocycles. The summed E-state index contributed by atoms with van der Waals surface area (Å²) in [6, 6.07) is 8.28. The summed E-state index contributed by atoms with van der Waals surface area (Å²) in [5, 5.41) is 8.74. The molecule has 1 rings (SSSR count). The van der Waals surface area contributed by atoms with Gasteiger partial charge in [-0.2, -0.15) is 5.26 Å². The molecule has 1 atom stereocenters. The highest BCUT2D eigenvalue weighted by atomic mass is 79.9. The fraction of sp³-hybridized carbons (Fsp3) is 0.500. The Morgan fingerprint density at radius 1 is 1.47 bits per heavy atom. The van der Waals surface area contributed by atoms with E-state index >= 15 is 0 Å². The van der Waals surface area contributed by atoms with Gasteiger partial charge < -0.3 is 15.4 Å². The molecular formula is C14H20BrN3O. The van der Waals surface area contributed by atoms with Gasteiger partial charge in [0.2, 0.25) is 0 Å². The van der Waals surface area contributed by atoms with Gasteiger partial charge in [-0.25, -0.2) is 0 Å². The molecule has 1 aromatic rings. The van der Waals surface area contributed by atoms with Crippen LogP contribution in [0.5, 0.6) is 0 Å². The molecule has 104 valence electrons. The third-order valence-corrected chi connectivity index (χ3v) is 3.53. The second-order valence-corrected chi connectivity index (χ2v) is 5.24. The number of hydrogen-bond acceptors (Lipinski definition) is 4. The number of nitrogens with two attached hydrogens (primary N) is 1. The topological polar surface area (TPSA) is 62.3 Å². The molecule has 0 aliphatic heterocycles. The Bertz CT molecular complexity index is 443. The van der Waals surface area contributed by atoms with Gasteiger partial charge in [-0.3, -0.25) is 0 Å². The number of ether oxygens (including phenoxy) is 1. The fourth-order valence-corrected chi connectivity index (χ4v) is 2.45. The Labute approximate surface area is 123 Å². The maximum atomic E-state index is 8.74. The number of halogens is 1. The maximum absolute atomic E-state index is 8.74. The van der Waals surface area contributed by atoms with Crippen molar-refractivity contribution in [1.29, 1.82) is 5.26 Å². The molecule has 0 saturated carbocycles. The summed E-state index contributed by atoms with van der Waals surface area (Å²) in [6.45, 7) is 4.04. The third kappa shape index (κ3) is 4.83. The van der Waals surface area contributed by atoms with Gasteiger partial charge in [0.05, 0.1) is 24.8 Å². The van der Waals surface area contributed by atoms with Gasteiger partial charge in [0.25, 0.3) is 0 Å². The Hall–Kier alpha value is -1.09. The van der Waals surface area contributed by atoms with Gasteiger partial charge in [0.15, 0.2) is 0 Å². The van der Waals surface area contributed by atoms with Gasteiger partial charge in [0.1, 0.15) is 0 Å². The quantitative estimate of drug-likeness (QED) is 0.837. The number of benzene rings is 1. The predicted octanol–water partition coefficient (Wildman–Crippen LogP) is 2.84. The summed E-state index contributed by atoms with van der Waals surface area (Å²) >= 11 is 3.58. The molecule has 0 fully saturated rings. The average Bonchev–Trinajstić information content (AvgIpc) is 2.39. The minimum atomic E-state index is 0.0110. The van der Waals surface area contributed by atoms with Crippen molar-refractivity contribution < 1.29 is 4.74 Å². The number of rotatable bonds is 7. The van der Waals surface area contributed by atoms with Crippen LogP contribution in [0.3, 0.4) is 0 Å². The van der Waals surface area contributed by atoms with Crippen molar-refractivity contribution in [2.75, 3.05) is 31.7 Å². The van der Waals surface area contributed by atoms with Crippen LogP contribution in [0.1, 0.15) is 24.9 Å². The molecule has 0 aliphatic rings. The number of nitrogens with zero attached hydrogens (tertiary/aromatic N) is 2. The summed E-state index contributed by atoms with van der Waals surface area (Å²) in [6.07, 6.45) is 0.491. The monoisotopic (exact) mass is 325 g/mol. The van der Waals surface area contributed by atoms with Crippen LogP contribution >= 0.6 is 15.9 Å². The lowest BCUT2D eigenvalue weighted by molar-refractivity contribution is 0.205. The molecule has 0 saturated heterocycles. The first kappa shape index (κ1) is 16.0. The van der Waals surface area contributed by atoms with E-state index in [1.807, 2.05) is 25.1 Å². The number of hydrogen-bond donors (Lipinski definition) is 1. The molecular weight excluding hydrogens is 306 g/mol. The largest absolute Gasteiger partial charge is 0.383 e. The van der Waals surface area contributed by atoms with E-state index in [0.29, 0.717) is 19.6 Å². The Morgan fingerprint density at radius 3 is 2.74 bits per heavy atom. The van der Waals surface area contributed by atoms with Crippen LogP contribution in [-0.2, 0) is 4.74 Å². The summed E-state index contributed by atoms with van der Waals surface area (Å²) in [5.74, 6) is 0. The molecule has 0 spiro atoms. The van der Waals surface area contributed by atoms with E-state index < -0.39 is 0 Å². The smallest absolute Gasteiger partial charge is 0.0640 e. The second-order valence-electron chi connectivity index (χ2n) is 4.39. The Morgan fingerprint density at radius 2 is 2.21 bits per heavy atom. The molecule has 0 amide bonds. The lowest BCUT2D eigenvalue weighted by Gasteiger charge is -2.25. The SMILES string of the molecule is COCCN(CCC#N)c1ccc([C@@H](C)N)cc1Br. The molecule has 2 N–H and O–H groups in total. The van der Waals surface area contributed by atoms with Crippen LogP contribution in [0, 0.1) is 11.3 Å². The van der Waals surface area contributed by atoms with Crippen LogP contribution < -0.4 is 10.6 Å². The van der Waals surface area contributed by atoms with Gasteiger partial charge in [-0.15, -0.1) is 0 Å². The molecule has 0 bridgehead atoms. The van der Waals surface area contributed by atoms with E-state index in [0.717, 1.165) is 22.3 Å². The van der Waals surface area contributed by atoms with E-state index in [2.05, 4.69) is 26.9 Å². The first-order chi connectivity index (χ1) is 9.10. The lowest BCUT2D eigenvalue weighted by atomic mass is 10.1. The van der Waals surface area contributed by atoms with Crippen LogP contribution in [0.2, 0.25) is 0 Å². The number of anilines is 1. The molecule has 0 unspecified atom stereocenters. The normalized spacial score (nSPS) is 11.9. The van der Waals surface area contributed by atoms with Crippen molar-refractivity contribution in [3.8, 4) is 6.07 Å². The van der Waals surface area contributed by atoms with Crippen LogP contribution in [-0.4, -0.2) is 26.8 Å². The zero-order chi connectivity index (χ0) is 14.3. The zero-order valence-electron chi connectivity index (χ0n) is 11.4. The molecule has 19 heavy (non-hydrogen) atoms. The average molecular weight is 326 g/mol. The van der Waals surface area contributed by atoms with Crippen molar-refractivity contribution in [1.82, 2.24) is 0 Å². The van der Waals surface area contributed by atoms with Crippen LogP contribution in [0.25, 0.3) is 0 Å². The summed E-state index contributed by atoms with van der Waals surface area (Å²) in [5.41, 5.74) is 8.02. The predicted molar refractivity (Wildman–Crippen MR) is 81.1 cm³/mol. The molecule has 1 aromatic carbocycles. The molecule has 0 radical (unpaired) electrons. The van der Waals surface area contributed by atoms with Gasteiger partial charge >= 0.3 is 0 Å². The van der Waals surface area contributed by atoms with Crippen molar-refractivity contribution in [2.45, 2.75) is 19.4 Å². The number of methoxy groups -OCH3 is 1. The van der Waals surface area contributed by atoms with E-state index in [9.17, 15) is 0 Å². The van der Waals surface area contributed by atoms with E-state index in [4.69, 9.17) is 15.7 Å². The first-order valence-electron chi connectivity index (χ1n) is 6.26. The van der Waals surface area contributed by atoms with Gasteiger partial charge in [0, 0.05) is 30.7 Å². The fourth-order valence-electron chi connectivity index (χ4n) is 1.80. The minimum absolute atomic E-state index is 0.0110. The number of nitriles is 1. The minimum Gasteiger partial charge on any atom is -0.383 e. The summed E-state index contributed by atoms with van der Waals surface area (Å²) < 4.78 is 6.11. The van der Waals surface area contributed by atoms with Crippen molar-refractivity contribution in [3.05, 3.63) is 28.2 Å². The van der Waals surface area contributed by atoms with Crippen LogP contribution in [0.15, 0.2) is 22.7 Å². The van der Waals surface area contributed by atoms with Crippen LogP contribution in [0.4, 0.5) is 5.69 Å². The van der Waals surface area contributed by atoms with E-state index in [-0.39, 0.29) is 6.04 Å². The van der Waals surface area contributed by atoms with Gasteiger partial charge in [-0.1, -0.05) is 6.07 Å². The highest BCUT2D eigenvalue weighted by Crippen LogP contribution is 2.29. The first-order valence-corrected chi connectivity index (χ1v) is 7.05. The molecule has 5 heteroatoms. The Balaban J connectivity index is 2.91. The molecule has 0 aliphatic carbocycles. The highest BCUT2D eigenvalue weighted by Gasteiger charge is 2.11. The van der Waals surface area contributed by atoms with Crippen molar-refractivity contribution in [3.63, 3.8) is 0 Å². The van der Waals surface area contributed by atoms with Gasteiger partial charge in [-0.05, 0) is 40.5 Å². The molecule has 4 nitrogen and oxygen atoms in total. The standard InChI is InChI=1S/C14H20BrN3O/c1-11(17)12-4-5-14(13(15)10-12)18(7-3-6-16)8-9-19-2/h4-5,10-11H,3,7-9,17H2,1-2H3/t11-/m1/s1. The van der Waals surface area contributed by atoms with E-state index in [1.165, 1.54) is 0 Å². The maximum Gasteiger partial charge on any atom is 0.0640 e. The highest BCUT2D eigenvalue weighted by molar-refractivity contribution is 9.10.